The fraction of sp³-hybridized carbons (Fsp3) is 0.125. The van der Waals surface area contributed by atoms with Crippen molar-refractivity contribution in [2.75, 3.05) is 0 Å². The van der Waals surface area contributed by atoms with Crippen molar-refractivity contribution in [3.05, 3.63) is 33.3 Å². The second-order valence-corrected chi connectivity index (χ2v) is 7.23. The monoisotopic (exact) mass is 321 g/mol. The molecule has 2 heterocycles. The van der Waals surface area contributed by atoms with Gasteiger partial charge in [0.05, 0.1) is 16.3 Å². The van der Waals surface area contributed by atoms with Crippen LogP contribution in [0, 0.1) is 0 Å². The molecule has 0 aliphatic heterocycles. The average molecular weight is 322 g/mol. The van der Waals surface area contributed by atoms with Crippen LogP contribution in [0.5, 0.6) is 0 Å². The molecule has 0 aromatic carbocycles. The molecule has 0 saturated carbocycles. The highest BCUT2D eigenvalue weighted by atomic mass is 79.9. The van der Waals surface area contributed by atoms with Crippen LogP contribution in [-0.2, 0) is 16.6 Å². The lowest BCUT2D eigenvalue weighted by Crippen LogP contribution is -2.23. The van der Waals surface area contributed by atoms with Crippen LogP contribution in [-0.4, -0.2) is 18.4 Å². The van der Waals surface area contributed by atoms with Crippen molar-refractivity contribution in [2.24, 2.45) is 0 Å². The molecule has 0 fully saturated rings. The number of nitrogens with zero attached hydrogens (tertiary/aromatic N) is 1. The highest BCUT2D eigenvalue weighted by molar-refractivity contribution is 9.11. The lowest BCUT2D eigenvalue weighted by Gasteiger charge is -2.02. The topological polar surface area (TPSA) is 74.8 Å². The van der Waals surface area contributed by atoms with Gasteiger partial charge in [-0.3, -0.25) is 0 Å². The van der Waals surface area contributed by atoms with Crippen LogP contribution < -0.4 is 4.72 Å². The zero-order valence-corrected chi connectivity index (χ0v) is 11.2. The number of thiophene rings is 1. The van der Waals surface area contributed by atoms with Crippen LogP contribution in [0.4, 0.5) is 0 Å². The fourth-order valence-electron chi connectivity index (χ4n) is 1.08. The number of imidazole rings is 1. The molecule has 86 valence electrons. The van der Waals surface area contributed by atoms with Crippen LogP contribution in [0.25, 0.3) is 0 Å². The van der Waals surface area contributed by atoms with E-state index in [1.165, 1.54) is 23.9 Å². The molecule has 0 amide bonds. The summed E-state index contributed by atoms with van der Waals surface area (Å²) in [7, 11) is -3.48. The molecule has 2 rings (SSSR count). The van der Waals surface area contributed by atoms with Gasteiger partial charge >= 0.3 is 0 Å². The van der Waals surface area contributed by atoms with E-state index in [9.17, 15) is 8.42 Å². The van der Waals surface area contributed by atoms with E-state index in [2.05, 4.69) is 30.6 Å². The zero-order chi connectivity index (χ0) is 11.6. The summed E-state index contributed by atoms with van der Waals surface area (Å²) in [6.45, 7) is 0.275. The molecular weight excluding hydrogens is 314 g/mol. The van der Waals surface area contributed by atoms with E-state index in [1.807, 2.05) is 12.1 Å². The SMILES string of the molecule is O=S(=O)(NCc1ccc(Br)s1)c1cnc[nH]1. The molecule has 0 spiro atoms. The van der Waals surface area contributed by atoms with Crippen molar-refractivity contribution in [3.8, 4) is 0 Å². The summed E-state index contributed by atoms with van der Waals surface area (Å²) in [5.41, 5.74) is 0. The third kappa shape index (κ3) is 2.70. The Morgan fingerprint density at radius 1 is 1.50 bits per heavy atom. The summed E-state index contributed by atoms with van der Waals surface area (Å²) in [4.78, 5) is 7.16. The minimum Gasteiger partial charge on any atom is -0.335 e. The van der Waals surface area contributed by atoms with Crippen molar-refractivity contribution < 1.29 is 8.42 Å². The number of hydrogen-bond acceptors (Lipinski definition) is 4. The smallest absolute Gasteiger partial charge is 0.257 e. The molecule has 0 aliphatic carbocycles. The highest BCUT2D eigenvalue weighted by Gasteiger charge is 2.15. The van der Waals surface area contributed by atoms with Gasteiger partial charge in [0, 0.05) is 11.4 Å². The van der Waals surface area contributed by atoms with Crippen molar-refractivity contribution >= 4 is 37.3 Å². The predicted octanol–water partition coefficient (Wildman–Crippen LogP) is 1.71. The van der Waals surface area contributed by atoms with Crippen LogP contribution in [0.2, 0.25) is 0 Å². The van der Waals surface area contributed by atoms with Gasteiger partial charge < -0.3 is 4.98 Å². The molecular formula is C8H8BrN3O2S2. The zero-order valence-electron chi connectivity index (χ0n) is 7.97. The van der Waals surface area contributed by atoms with Gasteiger partial charge in [-0.15, -0.1) is 11.3 Å². The lowest BCUT2D eigenvalue weighted by atomic mass is 10.5. The van der Waals surface area contributed by atoms with Crippen molar-refractivity contribution in [1.29, 1.82) is 0 Å². The average Bonchev–Trinajstić information content (AvgIpc) is 2.85. The summed E-state index contributed by atoms with van der Waals surface area (Å²) in [5, 5.41) is 0.0723. The van der Waals surface area contributed by atoms with E-state index >= 15 is 0 Å². The van der Waals surface area contributed by atoms with Crippen LogP contribution in [0.3, 0.4) is 0 Å². The first kappa shape index (κ1) is 11.8. The molecule has 5 nitrogen and oxygen atoms in total. The molecule has 2 N–H and O–H groups in total. The number of aromatic nitrogens is 2. The van der Waals surface area contributed by atoms with E-state index in [1.54, 1.807) is 0 Å². The van der Waals surface area contributed by atoms with Gasteiger partial charge in [-0.25, -0.2) is 18.1 Å². The summed E-state index contributed by atoms with van der Waals surface area (Å²) in [6, 6.07) is 3.74. The van der Waals surface area contributed by atoms with Gasteiger partial charge in [-0.2, -0.15) is 0 Å². The molecule has 0 radical (unpaired) electrons. The number of H-pyrrole nitrogens is 1. The molecule has 8 heteroatoms. The van der Waals surface area contributed by atoms with Crippen LogP contribution >= 0.6 is 27.3 Å². The second-order valence-electron chi connectivity index (χ2n) is 2.95. The number of aromatic amines is 1. The minimum absolute atomic E-state index is 0.0723. The Kier molecular flexibility index (Phi) is 3.43. The Morgan fingerprint density at radius 3 is 2.88 bits per heavy atom. The van der Waals surface area contributed by atoms with E-state index < -0.39 is 10.0 Å². The first-order chi connectivity index (χ1) is 7.58. The lowest BCUT2D eigenvalue weighted by molar-refractivity contribution is 0.578. The summed E-state index contributed by atoms with van der Waals surface area (Å²) >= 11 is 4.81. The van der Waals surface area contributed by atoms with Crippen molar-refractivity contribution in [2.45, 2.75) is 11.6 Å². The molecule has 0 unspecified atom stereocenters. The van der Waals surface area contributed by atoms with E-state index in [4.69, 9.17) is 0 Å². The Labute approximate surface area is 105 Å². The Morgan fingerprint density at radius 2 is 2.31 bits per heavy atom. The minimum atomic E-state index is -3.48. The molecule has 2 aromatic heterocycles. The van der Waals surface area contributed by atoms with E-state index in [0.717, 1.165) is 8.66 Å². The third-order valence-corrected chi connectivity index (χ3v) is 4.78. The largest absolute Gasteiger partial charge is 0.335 e. The standard InChI is InChI=1S/C8H8BrN3O2S2/c9-7-2-1-6(15-7)3-12-16(13,14)8-4-10-5-11-8/h1-2,4-5,12H,3H2,(H,10,11). The molecule has 0 atom stereocenters. The quantitative estimate of drug-likeness (QED) is 0.900. The van der Waals surface area contributed by atoms with Gasteiger partial charge in [0.15, 0.2) is 5.03 Å². The fourth-order valence-corrected chi connectivity index (χ4v) is 3.50. The van der Waals surface area contributed by atoms with Gasteiger partial charge in [-0.05, 0) is 28.1 Å². The highest BCUT2D eigenvalue weighted by Crippen LogP contribution is 2.22. The predicted molar refractivity (Wildman–Crippen MR) is 64.6 cm³/mol. The third-order valence-electron chi connectivity index (χ3n) is 1.83. The number of rotatable bonds is 4. The van der Waals surface area contributed by atoms with Gasteiger partial charge in [0.1, 0.15) is 0 Å². The normalized spacial score (nSPS) is 11.8. The number of hydrogen-bond donors (Lipinski definition) is 2. The van der Waals surface area contributed by atoms with E-state index in [-0.39, 0.29) is 11.6 Å². The molecule has 0 aliphatic rings. The van der Waals surface area contributed by atoms with Gasteiger partial charge in [-0.1, -0.05) is 0 Å². The maximum absolute atomic E-state index is 11.7. The Balaban J connectivity index is 2.06. The first-order valence-electron chi connectivity index (χ1n) is 4.30. The maximum atomic E-state index is 11.7. The van der Waals surface area contributed by atoms with Crippen molar-refractivity contribution in [3.63, 3.8) is 0 Å². The molecule has 0 saturated heterocycles. The summed E-state index contributed by atoms with van der Waals surface area (Å²) in [5.74, 6) is 0. The molecule has 2 aromatic rings. The summed E-state index contributed by atoms with van der Waals surface area (Å²) < 4.78 is 26.8. The van der Waals surface area contributed by atoms with Crippen molar-refractivity contribution in [1.82, 2.24) is 14.7 Å². The van der Waals surface area contributed by atoms with E-state index in [0.29, 0.717) is 0 Å². The molecule has 0 bridgehead atoms. The Bertz CT molecular complexity index is 562. The number of nitrogens with one attached hydrogen (secondary N) is 2. The molecule has 16 heavy (non-hydrogen) atoms. The second kappa shape index (κ2) is 4.66. The number of halogens is 1. The van der Waals surface area contributed by atoms with Crippen LogP contribution in [0.15, 0.2) is 33.5 Å². The van der Waals surface area contributed by atoms with Gasteiger partial charge in [0.25, 0.3) is 10.0 Å². The Hall–Kier alpha value is -0.700. The number of sulfonamides is 1. The van der Waals surface area contributed by atoms with Gasteiger partial charge in [0.2, 0.25) is 0 Å². The maximum Gasteiger partial charge on any atom is 0.257 e. The van der Waals surface area contributed by atoms with Crippen LogP contribution in [0.1, 0.15) is 4.88 Å². The first-order valence-corrected chi connectivity index (χ1v) is 7.39. The summed E-state index contributed by atoms with van der Waals surface area (Å²) in [6.07, 6.45) is 2.60.